The summed E-state index contributed by atoms with van der Waals surface area (Å²) in [4.78, 5) is 23.4. The standard InChI is InChI=1S/C26H33N5O6S/c1-7-14-27-38(35,36)23-15-20(31(33)34)12-13-22(23)37-26-19(6)24(25(32)28-17(4)8-2)29-30(26)21-11-9-10-16(3)18(21)5/h9-13,15,17,27H,7-8,14H2,1-6H3,(H,28,32)/t17-/m0/s1. The lowest BCUT2D eigenvalue weighted by molar-refractivity contribution is -0.385. The monoisotopic (exact) mass is 543 g/mol. The van der Waals surface area contributed by atoms with Crippen molar-refractivity contribution < 1.29 is 22.9 Å². The van der Waals surface area contributed by atoms with E-state index in [0.29, 0.717) is 17.7 Å². The first kappa shape index (κ1) is 28.8. The molecule has 0 aliphatic rings. The molecule has 11 nitrogen and oxygen atoms in total. The molecular weight excluding hydrogens is 510 g/mol. The van der Waals surface area contributed by atoms with Gasteiger partial charge in [-0.25, -0.2) is 13.1 Å². The number of aryl methyl sites for hydroxylation is 1. The third-order valence-corrected chi connectivity index (χ3v) is 7.74. The number of nitrogens with zero attached hydrogens (tertiary/aromatic N) is 3. The van der Waals surface area contributed by atoms with Crippen LogP contribution in [0.4, 0.5) is 5.69 Å². The first-order chi connectivity index (χ1) is 17.9. The summed E-state index contributed by atoms with van der Waals surface area (Å²) in [5, 5.41) is 18.9. The zero-order chi connectivity index (χ0) is 28.2. The van der Waals surface area contributed by atoms with Crippen LogP contribution in [0.5, 0.6) is 11.6 Å². The quantitative estimate of drug-likeness (QED) is 0.263. The molecule has 0 fully saturated rings. The second-order valence-electron chi connectivity index (χ2n) is 9.08. The number of hydrogen-bond acceptors (Lipinski definition) is 7. The summed E-state index contributed by atoms with van der Waals surface area (Å²) in [5.74, 6) is -0.414. The summed E-state index contributed by atoms with van der Waals surface area (Å²) in [6.45, 7) is 11.3. The van der Waals surface area contributed by atoms with Crippen LogP contribution in [0, 0.1) is 30.9 Å². The van der Waals surface area contributed by atoms with Crippen molar-refractivity contribution in [2.24, 2.45) is 0 Å². The first-order valence-electron chi connectivity index (χ1n) is 12.3. The molecule has 0 bridgehead atoms. The Morgan fingerprint density at radius 3 is 2.50 bits per heavy atom. The molecule has 0 aliphatic carbocycles. The molecule has 1 amide bonds. The predicted octanol–water partition coefficient (Wildman–Crippen LogP) is 4.71. The fourth-order valence-corrected chi connectivity index (χ4v) is 4.94. The fraction of sp³-hybridized carbons (Fsp3) is 0.385. The van der Waals surface area contributed by atoms with Crippen molar-refractivity contribution >= 4 is 21.6 Å². The highest BCUT2D eigenvalue weighted by Gasteiger charge is 2.28. The number of nitro benzene ring substituents is 1. The van der Waals surface area contributed by atoms with Crippen LogP contribution in [0.15, 0.2) is 41.3 Å². The number of aromatic nitrogens is 2. The average Bonchev–Trinajstić information content (AvgIpc) is 3.20. The highest BCUT2D eigenvalue weighted by molar-refractivity contribution is 7.89. The minimum atomic E-state index is -4.15. The molecule has 0 aliphatic heterocycles. The van der Waals surface area contributed by atoms with Gasteiger partial charge in [-0.3, -0.25) is 14.9 Å². The lowest BCUT2D eigenvalue weighted by Gasteiger charge is -2.15. The van der Waals surface area contributed by atoms with E-state index >= 15 is 0 Å². The molecule has 1 aromatic heterocycles. The van der Waals surface area contributed by atoms with Crippen molar-refractivity contribution in [1.29, 1.82) is 0 Å². The van der Waals surface area contributed by atoms with E-state index in [0.717, 1.165) is 23.6 Å². The lowest BCUT2D eigenvalue weighted by atomic mass is 10.1. The molecule has 0 saturated carbocycles. The Balaban J connectivity index is 2.24. The molecule has 3 rings (SSSR count). The molecule has 38 heavy (non-hydrogen) atoms. The van der Waals surface area contributed by atoms with E-state index in [1.807, 2.05) is 45.9 Å². The third kappa shape index (κ3) is 6.03. The van der Waals surface area contributed by atoms with Crippen molar-refractivity contribution in [2.75, 3.05) is 6.54 Å². The molecule has 0 radical (unpaired) electrons. The van der Waals surface area contributed by atoms with Gasteiger partial charge in [0.2, 0.25) is 15.9 Å². The molecule has 3 aromatic rings. The summed E-state index contributed by atoms with van der Waals surface area (Å²) in [7, 11) is -4.15. The molecule has 2 aromatic carbocycles. The molecular formula is C26H33N5O6S. The molecule has 0 spiro atoms. The Morgan fingerprint density at radius 2 is 1.87 bits per heavy atom. The number of hydrogen-bond donors (Lipinski definition) is 2. The average molecular weight is 544 g/mol. The molecule has 0 unspecified atom stereocenters. The van der Waals surface area contributed by atoms with Crippen LogP contribution < -0.4 is 14.8 Å². The number of non-ortho nitro benzene ring substituents is 1. The highest BCUT2D eigenvalue weighted by Crippen LogP contribution is 2.36. The molecule has 12 heteroatoms. The van der Waals surface area contributed by atoms with Gasteiger partial charge < -0.3 is 10.1 Å². The van der Waals surface area contributed by atoms with Crippen LogP contribution in [0.2, 0.25) is 0 Å². The van der Waals surface area contributed by atoms with E-state index in [9.17, 15) is 23.3 Å². The summed E-state index contributed by atoms with van der Waals surface area (Å²) < 4.78 is 36.2. The zero-order valence-electron chi connectivity index (χ0n) is 22.4. The Bertz CT molecular complexity index is 1460. The summed E-state index contributed by atoms with van der Waals surface area (Å²) in [5.41, 5.74) is 2.61. The Kier molecular flexibility index (Phi) is 8.89. The topological polar surface area (TPSA) is 145 Å². The van der Waals surface area contributed by atoms with Crippen molar-refractivity contribution in [2.45, 2.75) is 65.3 Å². The zero-order valence-corrected chi connectivity index (χ0v) is 23.2. The summed E-state index contributed by atoms with van der Waals surface area (Å²) in [6.07, 6.45) is 1.25. The van der Waals surface area contributed by atoms with Gasteiger partial charge in [-0.2, -0.15) is 9.78 Å². The number of nitro groups is 1. The van der Waals surface area contributed by atoms with E-state index in [4.69, 9.17) is 4.74 Å². The van der Waals surface area contributed by atoms with Crippen LogP contribution in [-0.2, 0) is 10.0 Å². The second-order valence-corrected chi connectivity index (χ2v) is 10.8. The number of sulfonamides is 1. The Morgan fingerprint density at radius 1 is 1.16 bits per heavy atom. The normalized spacial score (nSPS) is 12.3. The van der Waals surface area contributed by atoms with Crippen LogP contribution in [0.1, 0.15) is 60.8 Å². The van der Waals surface area contributed by atoms with Crippen LogP contribution in [0.3, 0.4) is 0 Å². The fourth-order valence-electron chi connectivity index (χ4n) is 3.66. The maximum Gasteiger partial charge on any atom is 0.272 e. The van der Waals surface area contributed by atoms with E-state index in [1.165, 1.54) is 16.8 Å². The van der Waals surface area contributed by atoms with Gasteiger partial charge in [-0.05, 0) is 63.8 Å². The molecule has 2 N–H and O–H groups in total. The Labute approximate surface area is 222 Å². The van der Waals surface area contributed by atoms with Gasteiger partial charge in [0.1, 0.15) is 10.6 Å². The Hall–Kier alpha value is -3.77. The van der Waals surface area contributed by atoms with Gasteiger partial charge in [0, 0.05) is 30.3 Å². The van der Waals surface area contributed by atoms with Gasteiger partial charge >= 0.3 is 0 Å². The van der Waals surface area contributed by atoms with E-state index < -0.39 is 26.5 Å². The molecule has 1 heterocycles. The summed E-state index contributed by atoms with van der Waals surface area (Å²) >= 11 is 0. The number of amides is 1. The maximum atomic E-state index is 13.1. The van der Waals surface area contributed by atoms with Gasteiger partial charge in [0.05, 0.1) is 10.6 Å². The second kappa shape index (κ2) is 11.7. The van der Waals surface area contributed by atoms with Gasteiger partial charge in [-0.1, -0.05) is 26.0 Å². The van der Waals surface area contributed by atoms with Crippen LogP contribution in [-0.4, -0.2) is 41.6 Å². The van der Waals surface area contributed by atoms with E-state index in [1.54, 1.807) is 13.8 Å². The highest BCUT2D eigenvalue weighted by atomic mass is 32.2. The van der Waals surface area contributed by atoms with E-state index in [2.05, 4.69) is 15.1 Å². The minimum absolute atomic E-state index is 0.0896. The maximum absolute atomic E-state index is 13.1. The third-order valence-electron chi connectivity index (χ3n) is 6.25. The molecule has 204 valence electrons. The van der Waals surface area contributed by atoms with Crippen LogP contribution in [0.25, 0.3) is 5.69 Å². The van der Waals surface area contributed by atoms with Gasteiger partial charge in [0.15, 0.2) is 5.69 Å². The number of rotatable bonds is 11. The lowest BCUT2D eigenvalue weighted by Crippen LogP contribution is -2.32. The minimum Gasteiger partial charge on any atom is -0.437 e. The predicted molar refractivity (Wildman–Crippen MR) is 144 cm³/mol. The van der Waals surface area contributed by atoms with Crippen LogP contribution >= 0.6 is 0 Å². The largest absolute Gasteiger partial charge is 0.437 e. The number of ether oxygens (including phenoxy) is 1. The van der Waals surface area contributed by atoms with Gasteiger partial charge in [0.25, 0.3) is 11.6 Å². The van der Waals surface area contributed by atoms with E-state index in [-0.39, 0.29) is 34.8 Å². The number of carbonyl (C=O) groups is 1. The number of benzene rings is 2. The van der Waals surface area contributed by atoms with Crippen molar-refractivity contribution in [3.8, 4) is 17.3 Å². The molecule has 0 saturated heterocycles. The van der Waals surface area contributed by atoms with Crippen molar-refractivity contribution in [3.63, 3.8) is 0 Å². The first-order valence-corrected chi connectivity index (χ1v) is 13.8. The number of carbonyl (C=O) groups excluding carboxylic acids is 1. The van der Waals surface area contributed by atoms with Crippen molar-refractivity contribution in [1.82, 2.24) is 19.8 Å². The number of nitrogens with one attached hydrogen (secondary N) is 2. The molecule has 1 atom stereocenters. The summed E-state index contributed by atoms with van der Waals surface area (Å²) in [6, 6.07) is 8.86. The van der Waals surface area contributed by atoms with Crippen molar-refractivity contribution in [3.05, 3.63) is 68.9 Å². The van der Waals surface area contributed by atoms with Gasteiger partial charge in [-0.15, -0.1) is 0 Å². The SMILES string of the molecule is CCCNS(=O)(=O)c1cc([N+](=O)[O-])ccc1Oc1c(C)c(C(=O)N[C@@H](C)CC)nn1-c1cccc(C)c1C. The smallest absolute Gasteiger partial charge is 0.272 e.